The molecule has 1 amide bonds. The number of hydrogen-bond donors (Lipinski definition) is 3. The van der Waals surface area contributed by atoms with Gasteiger partial charge >= 0.3 is 5.69 Å². The lowest BCUT2D eigenvalue weighted by Gasteiger charge is -2.26. The van der Waals surface area contributed by atoms with Gasteiger partial charge in [0.15, 0.2) is 0 Å². The molecule has 4 rings (SSSR count). The van der Waals surface area contributed by atoms with E-state index in [0.29, 0.717) is 13.0 Å². The molecule has 3 aromatic rings. The van der Waals surface area contributed by atoms with Crippen LogP contribution in [-0.2, 0) is 6.42 Å². The zero-order valence-electron chi connectivity index (χ0n) is 13.0. The SMILES string of the molecule is O=C(NC1COc2ccccc2C1)c1cnc2[nH]c(=O)[nH]c(=O)c2c1. The molecule has 3 N–H and O–H groups in total. The van der Waals surface area contributed by atoms with E-state index in [4.69, 9.17) is 4.74 Å². The van der Waals surface area contributed by atoms with Gasteiger partial charge in [0.2, 0.25) is 0 Å². The van der Waals surface area contributed by atoms with Crippen LogP contribution in [0.3, 0.4) is 0 Å². The predicted molar refractivity (Wildman–Crippen MR) is 89.9 cm³/mol. The Bertz CT molecular complexity index is 1090. The average molecular weight is 338 g/mol. The highest BCUT2D eigenvalue weighted by Crippen LogP contribution is 2.24. The van der Waals surface area contributed by atoms with Gasteiger partial charge in [-0.1, -0.05) is 18.2 Å². The first kappa shape index (κ1) is 15.1. The van der Waals surface area contributed by atoms with Crippen molar-refractivity contribution in [2.24, 2.45) is 0 Å². The summed E-state index contributed by atoms with van der Waals surface area (Å²) in [5, 5.41) is 3.03. The third-order valence-electron chi connectivity index (χ3n) is 4.07. The summed E-state index contributed by atoms with van der Waals surface area (Å²) in [5.74, 6) is 0.476. The van der Waals surface area contributed by atoms with Crippen molar-refractivity contribution in [3.8, 4) is 5.75 Å². The summed E-state index contributed by atoms with van der Waals surface area (Å²) < 4.78 is 5.65. The number of amides is 1. The number of benzene rings is 1. The van der Waals surface area contributed by atoms with E-state index in [0.717, 1.165) is 11.3 Å². The number of carbonyl (C=O) groups is 1. The lowest BCUT2D eigenvalue weighted by Crippen LogP contribution is -2.42. The van der Waals surface area contributed by atoms with Crippen LogP contribution in [0.1, 0.15) is 15.9 Å². The van der Waals surface area contributed by atoms with Crippen LogP contribution < -0.4 is 21.3 Å². The highest BCUT2D eigenvalue weighted by Gasteiger charge is 2.22. The molecule has 0 fully saturated rings. The fourth-order valence-corrected chi connectivity index (χ4v) is 2.86. The standard InChI is InChI=1S/C17H14N4O4/c22-15(19-11-5-9-3-1-2-4-13(9)25-8-11)10-6-12-14(18-7-10)20-17(24)21-16(12)23/h1-4,6-7,11H,5,8H2,(H,19,22)(H2,18,20,21,23,24). The quantitative estimate of drug-likeness (QED) is 0.623. The molecule has 0 spiro atoms. The molecule has 1 aliphatic rings. The fraction of sp³-hybridized carbons (Fsp3) is 0.176. The number of H-pyrrole nitrogens is 2. The summed E-state index contributed by atoms with van der Waals surface area (Å²) in [7, 11) is 0. The van der Waals surface area contributed by atoms with E-state index in [1.165, 1.54) is 12.3 Å². The highest BCUT2D eigenvalue weighted by atomic mass is 16.5. The molecular weight excluding hydrogens is 324 g/mol. The molecule has 0 saturated heterocycles. The molecule has 1 atom stereocenters. The maximum absolute atomic E-state index is 12.5. The Balaban J connectivity index is 1.57. The molecule has 1 aliphatic heterocycles. The molecule has 25 heavy (non-hydrogen) atoms. The minimum atomic E-state index is -0.639. The molecule has 0 radical (unpaired) electrons. The first-order chi connectivity index (χ1) is 12.1. The van der Waals surface area contributed by atoms with Gasteiger partial charge in [0, 0.05) is 6.20 Å². The number of nitrogens with one attached hydrogen (secondary N) is 3. The van der Waals surface area contributed by atoms with Gasteiger partial charge in [0.1, 0.15) is 18.0 Å². The van der Waals surface area contributed by atoms with Crippen molar-refractivity contribution in [3.05, 3.63) is 68.5 Å². The number of pyridine rings is 1. The Morgan fingerprint density at radius 3 is 2.96 bits per heavy atom. The lowest BCUT2D eigenvalue weighted by molar-refractivity contribution is 0.0915. The second-order valence-electron chi connectivity index (χ2n) is 5.82. The minimum absolute atomic E-state index is 0.139. The number of hydrogen-bond acceptors (Lipinski definition) is 5. The molecular formula is C17H14N4O4. The molecule has 3 heterocycles. The van der Waals surface area contributed by atoms with Gasteiger partial charge in [-0.25, -0.2) is 9.78 Å². The molecule has 8 nitrogen and oxygen atoms in total. The van der Waals surface area contributed by atoms with E-state index in [9.17, 15) is 14.4 Å². The van der Waals surface area contributed by atoms with Crippen LogP contribution >= 0.6 is 0 Å². The largest absolute Gasteiger partial charge is 0.491 e. The average Bonchev–Trinajstić information content (AvgIpc) is 2.61. The number of ether oxygens (including phenoxy) is 1. The number of aromatic nitrogens is 3. The van der Waals surface area contributed by atoms with Crippen molar-refractivity contribution < 1.29 is 9.53 Å². The molecule has 0 aliphatic carbocycles. The van der Waals surface area contributed by atoms with E-state index in [-0.39, 0.29) is 28.5 Å². The van der Waals surface area contributed by atoms with Gasteiger partial charge in [-0.15, -0.1) is 0 Å². The van der Waals surface area contributed by atoms with Crippen LogP contribution in [0.5, 0.6) is 5.75 Å². The molecule has 1 unspecified atom stereocenters. The normalized spacial score (nSPS) is 16.1. The van der Waals surface area contributed by atoms with E-state index < -0.39 is 11.2 Å². The van der Waals surface area contributed by atoms with Crippen LogP contribution in [0.15, 0.2) is 46.1 Å². The van der Waals surface area contributed by atoms with Crippen LogP contribution in [0.25, 0.3) is 11.0 Å². The maximum Gasteiger partial charge on any atom is 0.327 e. The Labute approximate surface area is 140 Å². The summed E-state index contributed by atoms with van der Waals surface area (Å²) in [4.78, 5) is 44.0. The van der Waals surface area contributed by atoms with Crippen LogP contribution in [0, 0.1) is 0 Å². The summed E-state index contributed by atoms with van der Waals surface area (Å²) >= 11 is 0. The maximum atomic E-state index is 12.5. The minimum Gasteiger partial charge on any atom is -0.491 e. The molecule has 2 aromatic heterocycles. The molecule has 0 bridgehead atoms. The van der Waals surface area contributed by atoms with Crippen LogP contribution in [-0.4, -0.2) is 33.5 Å². The number of nitrogens with zero attached hydrogens (tertiary/aromatic N) is 1. The summed E-state index contributed by atoms with van der Waals surface area (Å²) in [6, 6.07) is 8.92. The van der Waals surface area contributed by atoms with Crippen molar-refractivity contribution in [2.75, 3.05) is 6.61 Å². The highest BCUT2D eigenvalue weighted by molar-refractivity contribution is 5.96. The van der Waals surface area contributed by atoms with E-state index >= 15 is 0 Å². The second-order valence-corrected chi connectivity index (χ2v) is 5.82. The monoisotopic (exact) mass is 338 g/mol. The molecule has 8 heteroatoms. The predicted octanol–water partition coefficient (Wildman–Crippen LogP) is 0.345. The van der Waals surface area contributed by atoms with E-state index in [1.807, 2.05) is 24.3 Å². The number of carbonyl (C=O) groups excluding carboxylic acids is 1. The topological polar surface area (TPSA) is 117 Å². The Kier molecular flexibility index (Phi) is 3.57. The number of rotatable bonds is 2. The van der Waals surface area contributed by atoms with Crippen molar-refractivity contribution in [3.63, 3.8) is 0 Å². The third kappa shape index (κ3) is 2.89. The van der Waals surface area contributed by atoms with Gasteiger partial charge < -0.3 is 10.1 Å². The Morgan fingerprint density at radius 1 is 1.24 bits per heavy atom. The summed E-state index contributed by atoms with van der Waals surface area (Å²) in [5.41, 5.74) is 0.185. The lowest BCUT2D eigenvalue weighted by atomic mass is 10.0. The van der Waals surface area contributed by atoms with Gasteiger partial charge in [0.25, 0.3) is 11.5 Å². The molecule has 126 valence electrons. The Morgan fingerprint density at radius 2 is 2.08 bits per heavy atom. The van der Waals surface area contributed by atoms with Crippen LogP contribution in [0.4, 0.5) is 0 Å². The Hall–Kier alpha value is -3.42. The first-order valence-electron chi connectivity index (χ1n) is 7.74. The second kappa shape index (κ2) is 5.90. The van der Waals surface area contributed by atoms with Crippen molar-refractivity contribution in [1.29, 1.82) is 0 Å². The van der Waals surface area contributed by atoms with Gasteiger partial charge in [-0.2, -0.15) is 0 Å². The van der Waals surface area contributed by atoms with Gasteiger partial charge in [0.05, 0.1) is 17.0 Å². The summed E-state index contributed by atoms with van der Waals surface area (Å²) in [6.45, 7) is 0.373. The van der Waals surface area contributed by atoms with Crippen molar-refractivity contribution >= 4 is 16.9 Å². The van der Waals surface area contributed by atoms with Gasteiger partial charge in [-0.3, -0.25) is 19.6 Å². The van der Waals surface area contributed by atoms with Crippen molar-refractivity contribution in [2.45, 2.75) is 12.5 Å². The van der Waals surface area contributed by atoms with E-state index in [2.05, 4.69) is 20.3 Å². The van der Waals surface area contributed by atoms with E-state index in [1.54, 1.807) is 0 Å². The zero-order chi connectivity index (χ0) is 17.4. The smallest absolute Gasteiger partial charge is 0.327 e. The first-order valence-corrected chi connectivity index (χ1v) is 7.74. The van der Waals surface area contributed by atoms with Gasteiger partial charge in [-0.05, 0) is 24.1 Å². The molecule has 1 aromatic carbocycles. The van der Waals surface area contributed by atoms with Crippen LogP contribution in [0.2, 0.25) is 0 Å². The number of aromatic amines is 2. The fourth-order valence-electron chi connectivity index (χ4n) is 2.86. The summed E-state index contributed by atoms with van der Waals surface area (Å²) in [6.07, 6.45) is 1.99. The van der Waals surface area contributed by atoms with Crippen molar-refractivity contribution in [1.82, 2.24) is 20.3 Å². The zero-order valence-corrected chi connectivity index (χ0v) is 13.0. The number of para-hydroxylation sites is 1. The molecule has 0 saturated carbocycles. The number of fused-ring (bicyclic) bond motifs is 2. The third-order valence-corrected chi connectivity index (χ3v) is 4.07.